The molecule has 3 aromatic rings. The fraction of sp³-hybridized carbons (Fsp3) is 0.318. The summed E-state index contributed by atoms with van der Waals surface area (Å²) < 4.78 is 38.0. The van der Waals surface area contributed by atoms with E-state index in [0.29, 0.717) is 35.2 Å². The molecule has 0 aliphatic carbocycles. The topological polar surface area (TPSA) is 111 Å². The molecule has 1 aromatic heterocycles. The van der Waals surface area contributed by atoms with E-state index < -0.39 is 10.0 Å². The maximum atomic E-state index is 13.1. The number of hydrogen-bond donors (Lipinski definition) is 1. The third kappa shape index (κ3) is 5.60. The van der Waals surface area contributed by atoms with Crippen LogP contribution in [0.15, 0.2) is 52.9 Å². The molecule has 33 heavy (non-hydrogen) atoms. The molecule has 1 amide bonds. The van der Waals surface area contributed by atoms with Gasteiger partial charge < -0.3 is 14.8 Å². The monoisotopic (exact) mass is 490 g/mol. The first-order chi connectivity index (χ1) is 15.8. The van der Waals surface area contributed by atoms with Gasteiger partial charge in [0, 0.05) is 18.7 Å². The predicted molar refractivity (Wildman–Crippen MR) is 127 cm³/mol. The first kappa shape index (κ1) is 24.5. The molecule has 0 unspecified atom stereocenters. The van der Waals surface area contributed by atoms with Crippen LogP contribution in [0.3, 0.4) is 0 Å². The van der Waals surface area contributed by atoms with Gasteiger partial charge in [0.15, 0.2) is 0 Å². The average Bonchev–Trinajstić information content (AvgIpc) is 3.32. The number of aromatic nitrogens is 2. The summed E-state index contributed by atoms with van der Waals surface area (Å²) in [6.45, 7) is 3.95. The zero-order valence-corrected chi connectivity index (χ0v) is 20.4. The highest BCUT2D eigenvalue weighted by Crippen LogP contribution is 2.27. The average molecular weight is 491 g/mol. The van der Waals surface area contributed by atoms with Crippen molar-refractivity contribution in [1.82, 2.24) is 15.5 Å². The van der Waals surface area contributed by atoms with Gasteiger partial charge in [-0.15, -0.1) is 10.2 Å². The van der Waals surface area contributed by atoms with E-state index in [1.807, 2.05) is 0 Å². The van der Waals surface area contributed by atoms with Crippen LogP contribution in [-0.4, -0.2) is 51.3 Å². The first-order valence-electron chi connectivity index (χ1n) is 10.2. The highest BCUT2D eigenvalue weighted by molar-refractivity contribution is 7.93. The summed E-state index contributed by atoms with van der Waals surface area (Å²) in [7, 11) is -0.740. The molecule has 0 saturated carbocycles. The van der Waals surface area contributed by atoms with Crippen LogP contribution in [0.25, 0.3) is 0 Å². The van der Waals surface area contributed by atoms with Gasteiger partial charge in [-0.3, -0.25) is 4.79 Å². The molecule has 0 bridgehead atoms. The van der Waals surface area contributed by atoms with Gasteiger partial charge in [0.1, 0.15) is 17.0 Å². The lowest BCUT2D eigenvalue weighted by atomic mass is 10.1. The van der Waals surface area contributed by atoms with Crippen LogP contribution in [0.2, 0.25) is 0 Å². The predicted octanol–water partition coefficient (Wildman–Crippen LogP) is 3.13. The number of carbonyl (C=O) groups is 1. The lowest BCUT2D eigenvalue weighted by Crippen LogP contribution is -2.37. The maximum absolute atomic E-state index is 13.1. The second-order valence-corrected chi connectivity index (χ2v) is 9.96. The third-order valence-corrected chi connectivity index (χ3v) is 7.62. The highest BCUT2D eigenvalue weighted by Gasteiger charge is 2.29. The minimum absolute atomic E-state index is 0.169. The van der Waals surface area contributed by atoms with Gasteiger partial charge in [-0.25, -0.2) is 12.7 Å². The van der Waals surface area contributed by atoms with E-state index in [2.05, 4.69) is 15.5 Å². The Bertz CT molecular complexity index is 1180. The minimum Gasteiger partial charge on any atom is -0.497 e. The highest BCUT2D eigenvalue weighted by atomic mass is 32.2. The van der Waals surface area contributed by atoms with Crippen molar-refractivity contribution in [2.45, 2.75) is 31.2 Å². The number of anilines is 1. The molecule has 2 aromatic carbocycles. The molecule has 0 spiro atoms. The standard InChI is InChI=1S/C22H26N4O5S2/c1-15(2)26(22-25-24-14-32-22)33(28,29)18-8-5-16(6-9-18)11-12-23-21(27)19-10-7-17(30-3)13-20(19)31-4/h5-10,13-15H,11-12H2,1-4H3,(H,23,27). The van der Waals surface area contributed by atoms with Crippen molar-refractivity contribution in [3.05, 3.63) is 59.1 Å². The number of nitrogens with one attached hydrogen (secondary N) is 1. The summed E-state index contributed by atoms with van der Waals surface area (Å²) in [6, 6.07) is 11.3. The van der Waals surface area contributed by atoms with Crippen LogP contribution in [0.1, 0.15) is 29.8 Å². The molecule has 0 radical (unpaired) electrons. The number of nitrogens with zero attached hydrogens (tertiary/aromatic N) is 3. The van der Waals surface area contributed by atoms with Crippen molar-refractivity contribution in [2.75, 3.05) is 25.1 Å². The molecular weight excluding hydrogens is 464 g/mol. The summed E-state index contributed by atoms with van der Waals surface area (Å²) in [5.74, 6) is 0.755. The van der Waals surface area contributed by atoms with Gasteiger partial charge in [0.25, 0.3) is 15.9 Å². The molecular formula is C22H26N4O5S2. The maximum Gasteiger partial charge on any atom is 0.266 e. The van der Waals surface area contributed by atoms with Crippen molar-refractivity contribution in [3.8, 4) is 11.5 Å². The largest absolute Gasteiger partial charge is 0.497 e. The number of methoxy groups -OCH3 is 2. The molecule has 9 nitrogen and oxygen atoms in total. The molecule has 3 rings (SSSR count). The van der Waals surface area contributed by atoms with Gasteiger partial charge in [-0.2, -0.15) is 0 Å². The van der Waals surface area contributed by atoms with Crippen molar-refractivity contribution in [3.63, 3.8) is 0 Å². The van der Waals surface area contributed by atoms with E-state index >= 15 is 0 Å². The molecule has 1 N–H and O–H groups in total. The van der Waals surface area contributed by atoms with E-state index in [4.69, 9.17) is 9.47 Å². The Balaban J connectivity index is 1.65. The Labute approximate surface area is 197 Å². The molecule has 0 aliphatic heterocycles. The van der Waals surface area contributed by atoms with Crippen molar-refractivity contribution in [2.24, 2.45) is 0 Å². The van der Waals surface area contributed by atoms with Gasteiger partial charge in [-0.05, 0) is 50.1 Å². The number of ether oxygens (including phenoxy) is 2. The Morgan fingerprint density at radius 3 is 2.42 bits per heavy atom. The molecule has 0 saturated heterocycles. The van der Waals surface area contributed by atoms with Crippen LogP contribution in [-0.2, 0) is 16.4 Å². The molecule has 11 heteroatoms. The Morgan fingerprint density at radius 1 is 1.12 bits per heavy atom. The van der Waals surface area contributed by atoms with Gasteiger partial charge in [0.2, 0.25) is 5.13 Å². The van der Waals surface area contributed by atoms with Gasteiger partial charge in [0.05, 0.1) is 24.7 Å². The zero-order valence-electron chi connectivity index (χ0n) is 18.8. The number of benzene rings is 2. The van der Waals surface area contributed by atoms with E-state index in [1.165, 1.54) is 28.3 Å². The summed E-state index contributed by atoms with van der Waals surface area (Å²) in [6.07, 6.45) is 0.537. The number of carbonyl (C=O) groups excluding carboxylic acids is 1. The van der Waals surface area contributed by atoms with Crippen molar-refractivity contribution in [1.29, 1.82) is 0 Å². The summed E-state index contributed by atoms with van der Waals surface area (Å²) >= 11 is 1.17. The fourth-order valence-corrected chi connectivity index (χ4v) is 5.73. The Hall–Kier alpha value is -3.18. The number of hydrogen-bond acceptors (Lipinski definition) is 8. The molecule has 176 valence electrons. The Morgan fingerprint density at radius 2 is 1.85 bits per heavy atom. The lowest BCUT2D eigenvalue weighted by molar-refractivity contribution is 0.0951. The normalized spacial score (nSPS) is 11.3. The van der Waals surface area contributed by atoms with E-state index in [9.17, 15) is 13.2 Å². The van der Waals surface area contributed by atoms with E-state index in [0.717, 1.165) is 5.56 Å². The van der Waals surface area contributed by atoms with Crippen LogP contribution in [0.4, 0.5) is 5.13 Å². The smallest absolute Gasteiger partial charge is 0.266 e. The van der Waals surface area contributed by atoms with Gasteiger partial charge in [-0.1, -0.05) is 23.5 Å². The zero-order chi connectivity index (χ0) is 24.0. The lowest BCUT2D eigenvalue weighted by Gasteiger charge is -2.25. The van der Waals surface area contributed by atoms with Crippen molar-refractivity contribution < 1.29 is 22.7 Å². The molecule has 0 atom stereocenters. The van der Waals surface area contributed by atoms with Crippen LogP contribution in [0.5, 0.6) is 11.5 Å². The quantitative estimate of drug-likeness (QED) is 0.465. The minimum atomic E-state index is -3.78. The molecule has 0 fully saturated rings. The SMILES string of the molecule is COc1ccc(C(=O)NCCc2ccc(S(=O)(=O)N(c3nncs3)C(C)C)cc2)c(OC)c1. The Kier molecular flexibility index (Phi) is 7.88. The summed E-state index contributed by atoms with van der Waals surface area (Å²) in [5, 5.41) is 10.8. The molecule has 0 aliphatic rings. The molecule has 1 heterocycles. The van der Waals surface area contributed by atoms with Crippen LogP contribution < -0.4 is 19.1 Å². The second-order valence-electron chi connectivity index (χ2n) is 7.33. The van der Waals surface area contributed by atoms with Crippen LogP contribution in [0, 0.1) is 0 Å². The number of sulfonamides is 1. The second kappa shape index (κ2) is 10.6. The fourth-order valence-electron chi connectivity index (χ4n) is 3.21. The first-order valence-corrected chi connectivity index (χ1v) is 12.5. The summed E-state index contributed by atoms with van der Waals surface area (Å²) in [5.41, 5.74) is 2.80. The number of rotatable bonds is 10. The van der Waals surface area contributed by atoms with E-state index in [-0.39, 0.29) is 16.8 Å². The summed E-state index contributed by atoms with van der Waals surface area (Å²) in [4.78, 5) is 12.7. The van der Waals surface area contributed by atoms with Crippen LogP contribution >= 0.6 is 11.3 Å². The number of amides is 1. The third-order valence-electron chi connectivity index (χ3n) is 4.84. The van der Waals surface area contributed by atoms with Crippen molar-refractivity contribution >= 4 is 32.4 Å². The van der Waals surface area contributed by atoms with Gasteiger partial charge >= 0.3 is 0 Å². The van der Waals surface area contributed by atoms with E-state index in [1.54, 1.807) is 63.4 Å².